The number of nitrogens with zero attached hydrogens (tertiary/aromatic N) is 1. The van der Waals surface area contributed by atoms with Gasteiger partial charge in [-0.2, -0.15) is 0 Å². The highest BCUT2D eigenvalue weighted by Crippen LogP contribution is 2.20. The predicted octanol–water partition coefficient (Wildman–Crippen LogP) is 1.88. The second-order valence-corrected chi connectivity index (χ2v) is 5.56. The van der Waals surface area contributed by atoms with Crippen LogP contribution in [0, 0.1) is 5.92 Å². The summed E-state index contributed by atoms with van der Waals surface area (Å²) in [6, 6.07) is 0.592. The minimum absolute atomic E-state index is 0.592. The molecule has 2 atom stereocenters. The molecule has 3 nitrogen and oxygen atoms in total. The van der Waals surface area contributed by atoms with Gasteiger partial charge in [0.05, 0.1) is 13.2 Å². The molecular weight excluding hydrogens is 212 g/mol. The van der Waals surface area contributed by atoms with Gasteiger partial charge in [0.1, 0.15) is 0 Å². The van der Waals surface area contributed by atoms with Crippen molar-refractivity contribution in [1.82, 2.24) is 10.2 Å². The van der Waals surface area contributed by atoms with Crippen LogP contribution in [0.1, 0.15) is 39.0 Å². The Morgan fingerprint density at radius 1 is 1.29 bits per heavy atom. The average molecular weight is 240 g/mol. The standard InChI is InChI=1S/C14H28N2O/c1-2-13-4-3-8-16(9-5-13)10-6-14-12-17-11-7-15-14/h13-15H,2-12H2,1H3. The number of hydrogen-bond acceptors (Lipinski definition) is 3. The van der Waals surface area contributed by atoms with Crippen molar-refractivity contribution in [1.29, 1.82) is 0 Å². The van der Waals surface area contributed by atoms with Crippen molar-refractivity contribution in [2.24, 2.45) is 5.92 Å². The summed E-state index contributed by atoms with van der Waals surface area (Å²) in [7, 11) is 0. The van der Waals surface area contributed by atoms with Gasteiger partial charge in [0.25, 0.3) is 0 Å². The Kier molecular flexibility index (Phi) is 5.75. The minimum atomic E-state index is 0.592. The highest BCUT2D eigenvalue weighted by Gasteiger charge is 2.18. The van der Waals surface area contributed by atoms with E-state index in [9.17, 15) is 0 Å². The molecule has 17 heavy (non-hydrogen) atoms. The first-order valence-electron chi connectivity index (χ1n) is 7.42. The normalized spacial score (nSPS) is 32.3. The van der Waals surface area contributed by atoms with Crippen LogP contribution in [0.15, 0.2) is 0 Å². The molecule has 0 spiro atoms. The van der Waals surface area contributed by atoms with Crippen molar-refractivity contribution >= 4 is 0 Å². The molecule has 2 aliphatic rings. The molecule has 2 saturated heterocycles. The van der Waals surface area contributed by atoms with E-state index in [4.69, 9.17) is 4.74 Å². The summed E-state index contributed by atoms with van der Waals surface area (Å²) in [6.07, 6.45) is 6.86. The predicted molar refractivity (Wildman–Crippen MR) is 71.3 cm³/mol. The van der Waals surface area contributed by atoms with E-state index >= 15 is 0 Å². The van der Waals surface area contributed by atoms with Crippen molar-refractivity contribution in [3.8, 4) is 0 Å². The summed E-state index contributed by atoms with van der Waals surface area (Å²) in [4.78, 5) is 2.66. The van der Waals surface area contributed by atoms with E-state index in [1.54, 1.807) is 0 Å². The zero-order valence-corrected chi connectivity index (χ0v) is 11.3. The van der Waals surface area contributed by atoms with Crippen LogP contribution >= 0.6 is 0 Å². The highest BCUT2D eigenvalue weighted by molar-refractivity contribution is 4.74. The number of likely N-dealkylation sites (tertiary alicyclic amines) is 1. The van der Waals surface area contributed by atoms with Crippen LogP contribution in [0.3, 0.4) is 0 Å². The average Bonchev–Trinajstić information content (AvgIpc) is 2.62. The van der Waals surface area contributed by atoms with E-state index in [0.29, 0.717) is 6.04 Å². The van der Waals surface area contributed by atoms with Crippen LogP contribution < -0.4 is 5.32 Å². The lowest BCUT2D eigenvalue weighted by Gasteiger charge is -2.27. The van der Waals surface area contributed by atoms with Crippen LogP contribution in [0.25, 0.3) is 0 Å². The van der Waals surface area contributed by atoms with E-state index in [2.05, 4.69) is 17.1 Å². The third kappa shape index (κ3) is 4.57. The van der Waals surface area contributed by atoms with Gasteiger partial charge in [-0.3, -0.25) is 0 Å². The summed E-state index contributed by atoms with van der Waals surface area (Å²) in [6.45, 7) is 9.03. The molecular formula is C14H28N2O. The van der Waals surface area contributed by atoms with E-state index < -0.39 is 0 Å². The summed E-state index contributed by atoms with van der Waals surface area (Å²) in [5.74, 6) is 0.983. The molecule has 2 rings (SSSR count). The number of ether oxygens (including phenoxy) is 1. The molecule has 0 aliphatic carbocycles. The maximum absolute atomic E-state index is 5.50. The van der Waals surface area contributed by atoms with Gasteiger partial charge in [0, 0.05) is 12.6 Å². The summed E-state index contributed by atoms with van der Waals surface area (Å²) in [5.41, 5.74) is 0. The summed E-state index contributed by atoms with van der Waals surface area (Å²) >= 11 is 0. The van der Waals surface area contributed by atoms with Crippen LogP contribution in [0.5, 0.6) is 0 Å². The number of nitrogens with one attached hydrogen (secondary N) is 1. The Bertz CT molecular complexity index is 204. The molecule has 3 heteroatoms. The third-order valence-corrected chi connectivity index (χ3v) is 4.31. The molecule has 0 saturated carbocycles. The van der Waals surface area contributed by atoms with Gasteiger partial charge >= 0.3 is 0 Å². The third-order valence-electron chi connectivity index (χ3n) is 4.31. The molecule has 0 aromatic rings. The van der Waals surface area contributed by atoms with E-state index in [1.807, 2.05) is 0 Å². The van der Waals surface area contributed by atoms with Gasteiger partial charge in [-0.1, -0.05) is 13.3 Å². The first-order chi connectivity index (χ1) is 8.38. The van der Waals surface area contributed by atoms with Crippen LogP contribution in [0.4, 0.5) is 0 Å². The Labute approximate surface area is 106 Å². The van der Waals surface area contributed by atoms with Crippen molar-refractivity contribution < 1.29 is 4.74 Å². The van der Waals surface area contributed by atoms with Crippen molar-refractivity contribution in [3.63, 3.8) is 0 Å². The second-order valence-electron chi connectivity index (χ2n) is 5.56. The molecule has 0 aromatic carbocycles. The van der Waals surface area contributed by atoms with Crippen molar-refractivity contribution in [2.45, 2.75) is 45.1 Å². The molecule has 1 N–H and O–H groups in total. The molecule has 0 bridgehead atoms. The Balaban J connectivity index is 1.64. The number of hydrogen-bond donors (Lipinski definition) is 1. The molecule has 2 unspecified atom stereocenters. The lowest BCUT2D eigenvalue weighted by Crippen LogP contribution is -2.43. The zero-order chi connectivity index (χ0) is 11.9. The molecule has 0 amide bonds. The number of rotatable bonds is 4. The quantitative estimate of drug-likeness (QED) is 0.812. The monoisotopic (exact) mass is 240 g/mol. The summed E-state index contributed by atoms with van der Waals surface area (Å²) < 4.78 is 5.50. The van der Waals surface area contributed by atoms with E-state index in [-0.39, 0.29) is 0 Å². The van der Waals surface area contributed by atoms with Crippen LogP contribution in [-0.4, -0.2) is 50.3 Å². The topological polar surface area (TPSA) is 24.5 Å². The van der Waals surface area contributed by atoms with E-state index in [0.717, 1.165) is 25.7 Å². The van der Waals surface area contributed by atoms with Crippen molar-refractivity contribution in [3.05, 3.63) is 0 Å². The molecule has 100 valence electrons. The molecule has 0 aromatic heterocycles. The van der Waals surface area contributed by atoms with Gasteiger partial charge < -0.3 is 15.0 Å². The zero-order valence-electron chi connectivity index (χ0n) is 11.3. The fourth-order valence-electron chi connectivity index (χ4n) is 3.00. The van der Waals surface area contributed by atoms with Crippen LogP contribution in [0.2, 0.25) is 0 Å². The second kappa shape index (κ2) is 7.34. The number of morpholine rings is 1. The van der Waals surface area contributed by atoms with Gasteiger partial charge in [0.15, 0.2) is 0 Å². The van der Waals surface area contributed by atoms with Gasteiger partial charge in [-0.15, -0.1) is 0 Å². The minimum Gasteiger partial charge on any atom is -0.379 e. The SMILES string of the molecule is CCC1CCCN(CCC2COCCN2)CC1. The lowest BCUT2D eigenvalue weighted by molar-refractivity contribution is 0.0700. The first-order valence-corrected chi connectivity index (χ1v) is 7.42. The van der Waals surface area contributed by atoms with E-state index in [1.165, 1.54) is 51.7 Å². The van der Waals surface area contributed by atoms with Gasteiger partial charge in [-0.05, 0) is 51.2 Å². The smallest absolute Gasteiger partial charge is 0.0620 e. The van der Waals surface area contributed by atoms with Crippen molar-refractivity contribution in [2.75, 3.05) is 39.4 Å². The lowest BCUT2D eigenvalue weighted by atomic mass is 9.98. The maximum Gasteiger partial charge on any atom is 0.0620 e. The molecule has 0 radical (unpaired) electrons. The van der Waals surface area contributed by atoms with Crippen LogP contribution in [-0.2, 0) is 4.74 Å². The Morgan fingerprint density at radius 3 is 3.00 bits per heavy atom. The maximum atomic E-state index is 5.50. The first kappa shape index (κ1) is 13.3. The Hall–Kier alpha value is -0.120. The Morgan fingerprint density at radius 2 is 2.24 bits per heavy atom. The molecule has 2 heterocycles. The molecule has 2 aliphatic heterocycles. The van der Waals surface area contributed by atoms with Gasteiger partial charge in [-0.25, -0.2) is 0 Å². The fraction of sp³-hybridized carbons (Fsp3) is 1.00. The largest absolute Gasteiger partial charge is 0.379 e. The fourth-order valence-corrected chi connectivity index (χ4v) is 3.00. The highest BCUT2D eigenvalue weighted by atomic mass is 16.5. The molecule has 2 fully saturated rings. The summed E-state index contributed by atoms with van der Waals surface area (Å²) in [5, 5.41) is 3.54. The van der Waals surface area contributed by atoms with Gasteiger partial charge in [0.2, 0.25) is 0 Å².